The number of hydrogen-bond donors (Lipinski definition) is 0. The Hall–Kier alpha value is -2.79. The topological polar surface area (TPSA) is 51.5 Å². The number of aryl methyl sites for hydroxylation is 1. The minimum Gasteiger partial charge on any atom is -0.469 e. The first kappa shape index (κ1) is 16.7. The summed E-state index contributed by atoms with van der Waals surface area (Å²) in [5, 5.41) is 1.54. The van der Waals surface area contributed by atoms with Gasteiger partial charge < -0.3 is 14.2 Å². The van der Waals surface area contributed by atoms with Crippen LogP contribution in [0.3, 0.4) is 0 Å². The van der Waals surface area contributed by atoms with E-state index in [4.69, 9.17) is 16.3 Å². The maximum Gasteiger partial charge on any atom is 0.307 e. The van der Waals surface area contributed by atoms with Crippen molar-refractivity contribution in [2.45, 2.75) is 19.5 Å². The third-order valence-corrected chi connectivity index (χ3v) is 5.06. The zero-order chi connectivity index (χ0) is 18.3. The number of hydrogen-bond acceptors (Lipinski definition) is 3. The van der Waals surface area contributed by atoms with Gasteiger partial charge in [-0.05, 0) is 35.2 Å². The van der Waals surface area contributed by atoms with E-state index in [1.165, 1.54) is 7.11 Å². The minimum absolute atomic E-state index is 0.0855. The van der Waals surface area contributed by atoms with Crippen molar-refractivity contribution < 1.29 is 14.3 Å². The molecule has 0 aliphatic carbocycles. The van der Waals surface area contributed by atoms with E-state index in [1.54, 1.807) is 11.0 Å². The molecule has 0 fully saturated rings. The number of carbonyl (C=O) groups is 2. The standard InChI is InChI=1S/C20H17ClN2O3/c1-26-18(24)8-10-22-9-7-13-5-6-15(11-17(13)22)23-12-14-3-2-4-16(21)19(14)20(23)25/h2-7,9,11H,8,10,12H2,1H3. The normalized spacial score (nSPS) is 13.3. The van der Waals surface area contributed by atoms with E-state index in [2.05, 4.69) is 0 Å². The molecule has 2 heterocycles. The van der Waals surface area contributed by atoms with Gasteiger partial charge in [-0.3, -0.25) is 9.59 Å². The highest BCUT2D eigenvalue weighted by Gasteiger charge is 2.30. The molecular formula is C20H17ClN2O3. The summed E-state index contributed by atoms with van der Waals surface area (Å²) < 4.78 is 6.71. The first-order chi connectivity index (χ1) is 12.6. The zero-order valence-electron chi connectivity index (χ0n) is 14.2. The van der Waals surface area contributed by atoms with Gasteiger partial charge in [0, 0.05) is 18.4 Å². The lowest BCUT2D eigenvalue weighted by molar-refractivity contribution is -0.140. The molecule has 0 unspecified atom stereocenters. The number of methoxy groups -OCH3 is 1. The molecule has 1 aliphatic rings. The van der Waals surface area contributed by atoms with Gasteiger partial charge in [0.25, 0.3) is 5.91 Å². The van der Waals surface area contributed by atoms with E-state index >= 15 is 0 Å². The summed E-state index contributed by atoms with van der Waals surface area (Å²) in [5.74, 6) is -0.333. The van der Waals surface area contributed by atoms with E-state index in [1.807, 2.05) is 47.2 Å². The quantitative estimate of drug-likeness (QED) is 0.653. The number of nitrogens with zero attached hydrogens (tertiary/aromatic N) is 2. The zero-order valence-corrected chi connectivity index (χ0v) is 15.0. The molecule has 0 saturated carbocycles. The lowest BCUT2D eigenvalue weighted by Gasteiger charge is -2.16. The summed E-state index contributed by atoms with van der Waals surface area (Å²) in [7, 11) is 1.38. The van der Waals surface area contributed by atoms with Crippen molar-refractivity contribution in [1.29, 1.82) is 0 Å². The molecule has 2 aromatic carbocycles. The SMILES string of the molecule is COC(=O)CCn1ccc2ccc(N3Cc4cccc(Cl)c4C3=O)cc21. The molecule has 1 aromatic heterocycles. The summed E-state index contributed by atoms with van der Waals surface area (Å²) >= 11 is 6.21. The van der Waals surface area contributed by atoms with Gasteiger partial charge in [-0.1, -0.05) is 29.8 Å². The maximum absolute atomic E-state index is 12.8. The highest BCUT2D eigenvalue weighted by atomic mass is 35.5. The first-order valence-corrected chi connectivity index (χ1v) is 8.71. The molecule has 3 aromatic rings. The van der Waals surface area contributed by atoms with Gasteiger partial charge in [0.1, 0.15) is 0 Å². The number of aromatic nitrogens is 1. The number of esters is 1. The van der Waals surface area contributed by atoms with E-state index in [0.717, 1.165) is 22.2 Å². The van der Waals surface area contributed by atoms with Crippen LogP contribution in [0.5, 0.6) is 0 Å². The number of halogens is 1. The summed E-state index contributed by atoms with van der Waals surface area (Å²) in [6.45, 7) is 1.03. The van der Waals surface area contributed by atoms with Gasteiger partial charge in [-0.2, -0.15) is 0 Å². The fourth-order valence-electron chi connectivity index (χ4n) is 3.37. The van der Waals surface area contributed by atoms with Crippen LogP contribution in [0.1, 0.15) is 22.3 Å². The number of benzene rings is 2. The van der Waals surface area contributed by atoms with Crippen molar-refractivity contribution in [2.75, 3.05) is 12.0 Å². The van der Waals surface area contributed by atoms with Gasteiger partial charge in [0.05, 0.1) is 36.2 Å². The number of ether oxygens (including phenoxy) is 1. The van der Waals surface area contributed by atoms with Gasteiger partial charge >= 0.3 is 5.97 Å². The number of carbonyl (C=O) groups excluding carboxylic acids is 2. The highest BCUT2D eigenvalue weighted by Crippen LogP contribution is 2.34. The molecule has 1 amide bonds. The Labute approximate surface area is 155 Å². The molecule has 6 heteroatoms. The van der Waals surface area contributed by atoms with Crippen LogP contribution in [-0.4, -0.2) is 23.6 Å². The second-order valence-electron chi connectivity index (χ2n) is 6.24. The number of rotatable bonds is 4. The Balaban J connectivity index is 1.67. The lowest BCUT2D eigenvalue weighted by Crippen LogP contribution is -2.23. The molecule has 1 aliphatic heterocycles. The second kappa shape index (κ2) is 6.50. The third-order valence-electron chi connectivity index (χ3n) is 4.74. The molecule has 132 valence electrons. The van der Waals surface area contributed by atoms with Crippen LogP contribution in [0.2, 0.25) is 5.02 Å². The van der Waals surface area contributed by atoms with Gasteiger partial charge in [-0.15, -0.1) is 0 Å². The van der Waals surface area contributed by atoms with Crippen molar-refractivity contribution in [1.82, 2.24) is 4.57 Å². The van der Waals surface area contributed by atoms with Crippen LogP contribution in [0.25, 0.3) is 10.9 Å². The lowest BCUT2D eigenvalue weighted by atomic mass is 10.1. The molecule has 4 rings (SSSR count). The number of amides is 1. The molecule has 0 bridgehead atoms. The monoisotopic (exact) mass is 368 g/mol. The minimum atomic E-state index is -0.247. The smallest absolute Gasteiger partial charge is 0.307 e. The van der Waals surface area contributed by atoms with Crippen molar-refractivity contribution in [2.24, 2.45) is 0 Å². The number of fused-ring (bicyclic) bond motifs is 2. The molecular weight excluding hydrogens is 352 g/mol. The highest BCUT2D eigenvalue weighted by molar-refractivity contribution is 6.35. The van der Waals surface area contributed by atoms with Crippen LogP contribution in [-0.2, 0) is 22.6 Å². The van der Waals surface area contributed by atoms with Gasteiger partial charge in [-0.25, -0.2) is 0 Å². The molecule has 0 radical (unpaired) electrons. The van der Waals surface area contributed by atoms with Gasteiger partial charge in [0.15, 0.2) is 0 Å². The van der Waals surface area contributed by atoms with Crippen molar-refractivity contribution in [3.8, 4) is 0 Å². The number of anilines is 1. The summed E-state index contributed by atoms with van der Waals surface area (Å²) in [5.41, 5.74) is 3.30. The predicted molar refractivity (Wildman–Crippen MR) is 101 cm³/mol. The summed E-state index contributed by atoms with van der Waals surface area (Å²) in [4.78, 5) is 26.0. The molecule has 5 nitrogen and oxygen atoms in total. The Kier molecular flexibility index (Phi) is 4.17. The first-order valence-electron chi connectivity index (χ1n) is 8.33. The fourth-order valence-corrected chi connectivity index (χ4v) is 3.65. The van der Waals surface area contributed by atoms with E-state index in [0.29, 0.717) is 30.1 Å². The van der Waals surface area contributed by atoms with Crippen LogP contribution in [0.15, 0.2) is 48.7 Å². The Morgan fingerprint density at radius 1 is 1.23 bits per heavy atom. The Morgan fingerprint density at radius 2 is 2.08 bits per heavy atom. The molecule has 0 spiro atoms. The van der Waals surface area contributed by atoms with Crippen molar-refractivity contribution in [3.63, 3.8) is 0 Å². The molecule has 0 N–H and O–H groups in total. The van der Waals surface area contributed by atoms with Crippen molar-refractivity contribution in [3.05, 3.63) is 64.8 Å². The second-order valence-corrected chi connectivity index (χ2v) is 6.65. The van der Waals surface area contributed by atoms with Crippen LogP contribution >= 0.6 is 11.6 Å². The van der Waals surface area contributed by atoms with E-state index < -0.39 is 0 Å². The largest absolute Gasteiger partial charge is 0.469 e. The van der Waals surface area contributed by atoms with E-state index in [-0.39, 0.29) is 11.9 Å². The average molecular weight is 369 g/mol. The Morgan fingerprint density at radius 3 is 2.85 bits per heavy atom. The summed E-state index contributed by atoms with van der Waals surface area (Å²) in [6.07, 6.45) is 2.24. The molecule has 0 atom stereocenters. The average Bonchev–Trinajstić information content (AvgIpc) is 3.21. The van der Waals surface area contributed by atoms with Crippen molar-refractivity contribution >= 4 is 40.1 Å². The Bertz CT molecular complexity index is 1030. The summed E-state index contributed by atoms with van der Waals surface area (Å²) in [6, 6.07) is 13.4. The molecule has 0 saturated heterocycles. The predicted octanol–water partition coefficient (Wildman–Crippen LogP) is 4.02. The van der Waals surface area contributed by atoms with E-state index in [9.17, 15) is 9.59 Å². The molecule has 26 heavy (non-hydrogen) atoms. The van der Waals surface area contributed by atoms with Crippen LogP contribution in [0.4, 0.5) is 5.69 Å². The fraction of sp³-hybridized carbons (Fsp3) is 0.200. The van der Waals surface area contributed by atoms with Crippen LogP contribution in [0, 0.1) is 0 Å². The third kappa shape index (κ3) is 2.74. The van der Waals surface area contributed by atoms with Gasteiger partial charge in [0.2, 0.25) is 0 Å². The maximum atomic E-state index is 12.8. The van der Waals surface area contributed by atoms with Crippen LogP contribution < -0.4 is 4.90 Å².